The molecule has 0 aromatic rings. The van der Waals surface area contributed by atoms with Crippen molar-refractivity contribution in [2.75, 3.05) is 13.7 Å². The Bertz CT molecular complexity index is 195. The van der Waals surface area contributed by atoms with Crippen LogP contribution in [0.15, 0.2) is 0 Å². The summed E-state index contributed by atoms with van der Waals surface area (Å²) in [5.74, 6) is 0. The van der Waals surface area contributed by atoms with Crippen molar-refractivity contribution >= 4 is 6.29 Å². The third-order valence-corrected chi connectivity index (χ3v) is 2.03. The molecular formula is C7H12O6. The van der Waals surface area contributed by atoms with E-state index in [0.717, 1.165) is 0 Å². The fraction of sp³-hybridized carbons (Fsp3) is 0.857. The minimum absolute atomic E-state index is 0.146. The van der Waals surface area contributed by atoms with Crippen LogP contribution >= 0.6 is 0 Å². The maximum Gasteiger partial charge on any atom is 0.185 e. The van der Waals surface area contributed by atoms with Gasteiger partial charge in [0.2, 0.25) is 0 Å². The lowest BCUT2D eigenvalue weighted by atomic mass is 9.92. The summed E-state index contributed by atoms with van der Waals surface area (Å²) in [5, 5.41) is 28.0. The Labute approximate surface area is 74.7 Å². The van der Waals surface area contributed by atoms with Gasteiger partial charge in [0.25, 0.3) is 0 Å². The molecule has 0 amide bonds. The molecule has 0 saturated carbocycles. The topological polar surface area (TPSA) is 96.2 Å². The van der Waals surface area contributed by atoms with E-state index in [4.69, 9.17) is 4.74 Å². The third kappa shape index (κ3) is 1.72. The molecule has 13 heavy (non-hydrogen) atoms. The first kappa shape index (κ1) is 10.6. The fourth-order valence-electron chi connectivity index (χ4n) is 1.16. The summed E-state index contributed by atoms with van der Waals surface area (Å²) >= 11 is 0. The van der Waals surface area contributed by atoms with Crippen LogP contribution in [-0.4, -0.2) is 59.4 Å². The first-order valence-electron chi connectivity index (χ1n) is 3.74. The highest BCUT2D eigenvalue weighted by atomic mass is 16.7. The van der Waals surface area contributed by atoms with E-state index in [9.17, 15) is 20.1 Å². The quantitative estimate of drug-likeness (QED) is 0.423. The van der Waals surface area contributed by atoms with Crippen molar-refractivity contribution in [2.24, 2.45) is 0 Å². The van der Waals surface area contributed by atoms with Gasteiger partial charge in [-0.25, -0.2) is 0 Å². The largest absolute Gasteiger partial charge is 0.387 e. The zero-order valence-electron chi connectivity index (χ0n) is 7.08. The molecule has 0 aromatic carbocycles. The second kappa shape index (κ2) is 3.69. The standard InChI is InChI=1S/C7H12O6/c1-12-6-4(9)5(10)7(11,2-8)3-13-6/h2,4-6,9-11H,3H2,1H3/t4-,5-,6+,7+/m1/s1. The molecule has 0 aromatic heterocycles. The van der Waals surface area contributed by atoms with Gasteiger partial charge in [0.05, 0.1) is 6.61 Å². The van der Waals surface area contributed by atoms with Crippen LogP contribution in [0.3, 0.4) is 0 Å². The molecule has 1 heterocycles. The summed E-state index contributed by atoms with van der Waals surface area (Å²) in [5.41, 5.74) is -2.05. The van der Waals surface area contributed by atoms with Crippen molar-refractivity contribution < 1.29 is 29.6 Å². The van der Waals surface area contributed by atoms with Crippen LogP contribution in [0, 0.1) is 0 Å². The number of rotatable bonds is 2. The molecular weight excluding hydrogens is 180 g/mol. The van der Waals surface area contributed by atoms with Crippen LogP contribution in [0.4, 0.5) is 0 Å². The van der Waals surface area contributed by atoms with Crippen LogP contribution < -0.4 is 0 Å². The fourth-order valence-corrected chi connectivity index (χ4v) is 1.16. The Morgan fingerprint density at radius 3 is 2.69 bits per heavy atom. The van der Waals surface area contributed by atoms with Crippen molar-refractivity contribution in [3.05, 3.63) is 0 Å². The number of ether oxygens (including phenoxy) is 2. The Morgan fingerprint density at radius 2 is 2.23 bits per heavy atom. The van der Waals surface area contributed by atoms with E-state index >= 15 is 0 Å². The molecule has 1 rings (SSSR count). The third-order valence-electron chi connectivity index (χ3n) is 2.03. The number of carbonyl (C=O) groups excluding carboxylic acids is 1. The van der Waals surface area contributed by atoms with Crippen LogP contribution in [0.25, 0.3) is 0 Å². The van der Waals surface area contributed by atoms with Gasteiger partial charge in [-0.3, -0.25) is 4.79 Å². The monoisotopic (exact) mass is 192 g/mol. The molecule has 1 aliphatic heterocycles. The summed E-state index contributed by atoms with van der Waals surface area (Å²) in [6, 6.07) is 0. The predicted octanol–water partition coefficient (Wildman–Crippen LogP) is -2.36. The maximum absolute atomic E-state index is 10.4. The van der Waals surface area contributed by atoms with Gasteiger partial charge in [0, 0.05) is 7.11 Å². The molecule has 0 bridgehead atoms. The molecule has 76 valence electrons. The summed E-state index contributed by atoms with van der Waals surface area (Å²) < 4.78 is 9.46. The number of carbonyl (C=O) groups is 1. The van der Waals surface area contributed by atoms with Crippen LogP contribution in [-0.2, 0) is 14.3 Å². The predicted molar refractivity (Wildman–Crippen MR) is 39.8 cm³/mol. The molecule has 1 fully saturated rings. The minimum atomic E-state index is -2.05. The highest BCUT2D eigenvalue weighted by molar-refractivity contribution is 5.64. The van der Waals surface area contributed by atoms with E-state index < -0.39 is 30.7 Å². The summed E-state index contributed by atoms with van der Waals surface area (Å²) in [4.78, 5) is 10.4. The second-order valence-corrected chi connectivity index (χ2v) is 2.96. The average molecular weight is 192 g/mol. The van der Waals surface area contributed by atoms with E-state index in [2.05, 4.69) is 4.74 Å². The number of aliphatic hydroxyl groups is 3. The Morgan fingerprint density at radius 1 is 1.62 bits per heavy atom. The van der Waals surface area contributed by atoms with E-state index in [-0.39, 0.29) is 6.29 Å². The molecule has 6 nitrogen and oxygen atoms in total. The molecule has 1 aliphatic rings. The van der Waals surface area contributed by atoms with Crippen molar-refractivity contribution in [1.82, 2.24) is 0 Å². The van der Waals surface area contributed by atoms with E-state index in [0.29, 0.717) is 0 Å². The first-order valence-corrected chi connectivity index (χ1v) is 3.74. The molecule has 0 radical (unpaired) electrons. The summed E-state index contributed by atoms with van der Waals surface area (Å²) in [6.45, 7) is -0.396. The van der Waals surface area contributed by atoms with Crippen molar-refractivity contribution in [2.45, 2.75) is 24.1 Å². The number of methoxy groups -OCH3 is 1. The van der Waals surface area contributed by atoms with Crippen LogP contribution in [0.1, 0.15) is 0 Å². The number of hydrogen-bond donors (Lipinski definition) is 3. The SMILES string of the molecule is CO[C@H]1OC[C@@](O)(C=O)[C@H](O)[C@H]1O. The lowest BCUT2D eigenvalue weighted by molar-refractivity contribution is -0.281. The average Bonchev–Trinajstić information content (AvgIpc) is 2.15. The summed E-state index contributed by atoms with van der Waals surface area (Å²) in [6.07, 6.45) is -3.90. The highest BCUT2D eigenvalue weighted by Crippen LogP contribution is 2.22. The van der Waals surface area contributed by atoms with Gasteiger partial charge in [-0.1, -0.05) is 0 Å². The summed E-state index contributed by atoms with van der Waals surface area (Å²) in [7, 11) is 1.28. The maximum atomic E-state index is 10.4. The van der Waals surface area contributed by atoms with E-state index in [1.807, 2.05) is 0 Å². The zero-order chi connectivity index (χ0) is 10.1. The molecule has 1 saturated heterocycles. The molecule has 0 spiro atoms. The van der Waals surface area contributed by atoms with E-state index in [1.54, 1.807) is 0 Å². The first-order chi connectivity index (χ1) is 6.05. The van der Waals surface area contributed by atoms with Gasteiger partial charge < -0.3 is 24.8 Å². The van der Waals surface area contributed by atoms with Crippen LogP contribution in [0.5, 0.6) is 0 Å². The molecule has 6 heteroatoms. The molecule has 0 aliphatic carbocycles. The normalized spacial score (nSPS) is 46.0. The highest BCUT2D eigenvalue weighted by Gasteiger charge is 2.48. The number of hydrogen-bond acceptors (Lipinski definition) is 6. The Hall–Kier alpha value is -0.530. The Kier molecular flexibility index (Phi) is 2.99. The number of aldehydes is 1. The van der Waals surface area contributed by atoms with Gasteiger partial charge in [-0.15, -0.1) is 0 Å². The van der Waals surface area contributed by atoms with Gasteiger partial charge in [-0.2, -0.15) is 0 Å². The molecule has 4 atom stereocenters. The van der Waals surface area contributed by atoms with Gasteiger partial charge in [0.15, 0.2) is 18.2 Å². The van der Waals surface area contributed by atoms with Gasteiger partial charge >= 0.3 is 0 Å². The van der Waals surface area contributed by atoms with E-state index in [1.165, 1.54) is 7.11 Å². The second-order valence-electron chi connectivity index (χ2n) is 2.96. The lowest BCUT2D eigenvalue weighted by Crippen LogP contribution is -2.62. The zero-order valence-corrected chi connectivity index (χ0v) is 7.08. The van der Waals surface area contributed by atoms with Gasteiger partial charge in [-0.05, 0) is 0 Å². The molecule has 0 unspecified atom stereocenters. The lowest BCUT2D eigenvalue weighted by Gasteiger charge is -2.39. The minimum Gasteiger partial charge on any atom is -0.387 e. The van der Waals surface area contributed by atoms with Crippen LogP contribution in [0.2, 0.25) is 0 Å². The van der Waals surface area contributed by atoms with Gasteiger partial charge in [0.1, 0.15) is 12.2 Å². The van der Waals surface area contributed by atoms with Crippen molar-refractivity contribution in [3.63, 3.8) is 0 Å². The Balaban J connectivity index is 2.75. The smallest absolute Gasteiger partial charge is 0.185 e. The molecule has 3 N–H and O–H groups in total. The number of aliphatic hydroxyl groups excluding tert-OH is 2. The van der Waals surface area contributed by atoms with Crippen molar-refractivity contribution in [3.8, 4) is 0 Å². The van der Waals surface area contributed by atoms with Crippen molar-refractivity contribution in [1.29, 1.82) is 0 Å².